The van der Waals surface area contributed by atoms with Crippen LogP contribution in [0.4, 0.5) is 0 Å². The summed E-state index contributed by atoms with van der Waals surface area (Å²) in [6.07, 6.45) is 2.08. The van der Waals surface area contributed by atoms with Gasteiger partial charge in [-0.05, 0) is 31.4 Å². The van der Waals surface area contributed by atoms with Crippen LogP contribution in [0.25, 0.3) is 0 Å². The Kier molecular flexibility index (Phi) is 5.12. The zero-order chi connectivity index (χ0) is 14.4. The van der Waals surface area contributed by atoms with Gasteiger partial charge in [-0.1, -0.05) is 18.2 Å². The molecule has 0 saturated carbocycles. The van der Waals surface area contributed by atoms with Crippen molar-refractivity contribution in [1.29, 1.82) is 0 Å². The van der Waals surface area contributed by atoms with Gasteiger partial charge in [0.2, 0.25) is 0 Å². The normalized spacial score (nSPS) is 17.8. The van der Waals surface area contributed by atoms with Gasteiger partial charge in [-0.3, -0.25) is 4.79 Å². The van der Waals surface area contributed by atoms with E-state index in [1.165, 1.54) is 0 Å². The van der Waals surface area contributed by atoms with E-state index in [1.807, 2.05) is 19.1 Å². The van der Waals surface area contributed by atoms with E-state index >= 15 is 0 Å². The lowest BCUT2D eigenvalue weighted by atomic mass is 10.1. The van der Waals surface area contributed by atoms with Crippen molar-refractivity contribution >= 4 is 11.9 Å². The van der Waals surface area contributed by atoms with Crippen molar-refractivity contribution in [3.05, 3.63) is 35.4 Å². The first-order valence-corrected chi connectivity index (χ1v) is 6.78. The minimum Gasteiger partial charge on any atom is -0.452 e. The molecule has 0 aromatic heterocycles. The summed E-state index contributed by atoms with van der Waals surface area (Å²) in [6.45, 7) is 2.79. The van der Waals surface area contributed by atoms with Crippen molar-refractivity contribution in [2.45, 2.75) is 25.9 Å². The molecule has 1 N–H and O–H groups in total. The van der Waals surface area contributed by atoms with Gasteiger partial charge in [-0.2, -0.15) is 0 Å². The molecular weight excluding hydrogens is 258 g/mol. The largest absolute Gasteiger partial charge is 0.452 e. The molecular formula is C15H19NO4. The first-order chi connectivity index (χ1) is 9.66. The molecule has 1 saturated heterocycles. The van der Waals surface area contributed by atoms with Gasteiger partial charge in [0.25, 0.3) is 5.91 Å². The van der Waals surface area contributed by atoms with E-state index in [-0.39, 0.29) is 18.6 Å². The zero-order valence-electron chi connectivity index (χ0n) is 11.6. The Labute approximate surface area is 118 Å². The van der Waals surface area contributed by atoms with Crippen molar-refractivity contribution in [2.24, 2.45) is 0 Å². The minimum absolute atomic E-state index is 0.0889. The summed E-state index contributed by atoms with van der Waals surface area (Å²) < 4.78 is 10.4. The van der Waals surface area contributed by atoms with Crippen LogP contribution in [0.15, 0.2) is 24.3 Å². The third-order valence-electron chi connectivity index (χ3n) is 3.25. The topological polar surface area (TPSA) is 64.6 Å². The highest BCUT2D eigenvalue weighted by Crippen LogP contribution is 2.10. The Morgan fingerprint density at radius 3 is 2.90 bits per heavy atom. The highest BCUT2D eigenvalue weighted by atomic mass is 16.5. The molecule has 0 aliphatic carbocycles. The molecule has 0 bridgehead atoms. The van der Waals surface area contributed by atoms with Gasteiger partial charge in [-0.25, -0.2) is 4.79 Å². The summed E-state index contributed by atoms with van der Waals surface area (Å²) in [4.78, 5) is 23.4. The van der Waals surface area contributed by atoms with Gasteiger partial charge in [0, 0.05) is 13.2 Å². The lowest BCUT2D eigenvalue weighted by molar-refractivity contribution is -0.124. The Balaban J connectivity index is 1.72. The number of benzene rings is 1. The first kappa shape index (κ1) is 14.5. The Morgan fingerprint density at radius 2 is 2.20 bits per heavy atom. The molecule has 1 atom stereocenters. The molecule has 1 fully saturated rings. The molecule has 1 aliphatic rings. The number of esters is 1. The lowest BCUT2D eigenvalue weighted by Crippen LogP contribution is -2.34. The van der Waals surface area contributed by atoms with Gasteiger partial charge in [0.15, 0.2) is 6.61 Å². The number of carbonyl (C=O) groups is 2. The van der Waals surface area contributed by atoms with Crippen LogP contribution >= 0.6 is 0 Å². The maximum Gasteiger partial charge on any atom is 0.338 e. The quantitative estimate of drug-likeness (QED) is 0.827. The molecule has 20 heavy (non-hydrogen) atoms. The molecule has 0 unspecified atom stereocenters. The number of carbonyl (C=O) groups excluding carboxylic acids is 2. The van der Waals surface area contributed by atoms with E-state index in [9.17, 15) is 9.59 Å². The van der Waals surface area contributed by atoms with Crippen LogP contribution < -0.4 is 5.32 Å². The smallest absolute Gasteiger partial charge is 0.338 e. The maximum absolute atomic E-state index is 11.8. The van der Waals surface area contributed by atoms with E-state index in [1.54, 1.807) is 12.1 Å². The third kappa shape index (κ3) is 4.06. The van der Waals surface area contributed by atoms with E-state index in [2.05, 4.69) is 5.32 Å². The fraction of sp³-hybridized carbons (Fsp3) is 0.467. The average Bonchev–Trinajstić information content (AvgIpc) is 2.96. The number of hydrogen-bond acceptors (Lipinski definition) is 4. The Hall–Kier alpha value is -1.88. The summed E-state index contributed by atoms with van der Waals surface area (Å²) >= 11 is 0. The van der Waals surface area contributed by atoms with Crippen molar-refractivity contribution in [1.82, 2.24) is 5.32 Å². The van der Waals surface area contributed by atoms with Gasteiger partial charge in [0.05, 0.1) is 11.7 Å². The molecule has 1 amide bonds. The third-order valence-corrected chi connectivity index (χ3v) is 3.25. The molecule has 1 aliphatic heterocycles. The average molecular weight is 277 g/mol. The monoisotopic (exact) mass is 277 g/mol. The number of ether oxygens (including phenoxy) is 2. The van der Waals surface area contributed by atoms with Crippen LogP contribution in [0.1, 0.15) is 28.8 Å². The summed E-state index contributed by atoms with van der Waals surface area (Å²) in [6, 6.07) is 7.12. The van der Waals surface area contributed by atoms with Gasteiger partial charge < -0.3 is 14.8 Å². The minimum atomic E-state index is -0.477. The van der Waals surface area contributed by atoms with Crippen molar-refractivity contribution in [3.63, 3.8) is 0 Å². The summed E-state index contributed by atoms with van der Waals surface area (Å²) in [5, 5.41) is 2.70. The van der Waals surface area contributed by atoms with E-state index in [0.717, 1.165) is 25.0 Å². The molecule has 0 spiro atoms. The molecule has 5 heteroatoms. The van der Waals surface area contributed by atoms with Crippen LogP contribution in [0, 0.1) is 6.92 Å². The van der Waals surface area contributed by atoms with Crippen LogP contribution in [0.3, 0.4) is 0 Å². The van der Waals surface area contributed by atoms with Gasteiger partial charge >= 0.3 is 5.97 Å². The highest BCUT2D eigenvalue weighted by molar-refractivity contribution is 5.92. The second kappa shape index (κ2) is 7.05. The number of aryl methyl sites for hydroxylation is 1. The summed E-state index contributed by atoms with van der Waals surface area (Å²) in [7, 11) is 0. The number of hydrogen-bond donors (Lipinski definition) is 1. The predicted octanol–water partition coefficient (Wildman–Crippen LogP) is 1.45. The van der Waals surface area contributed by atoms with E-state index in [0.29, 0.717) is 12.1 Å². The predicted molar refractivity (Wildman–Crippen MR) is 73.4 cm³/mol. The fourth-order valence-corrected chi connectivity index (χ4v) is 2.09. The second-order valence-corrected chi connectivity index (χ2v) is 4.83. The zero-order valence-corrected chi connectivity index (χ0v) is 11.6. The Bertz CT molecular complexity index is 481. The standard InChI is InChI=1S/C15H19NO4/c1-11-5-2-3-7-13(11)15(18)20-10-14(17)16-9-12-6-4-8-19-12/h2-3,5,7,12H,4,6,8-10H2,1H3,(H,16,17)/t12-/m0/s1. The maximum atomic E-state index is 11.8. The van der Waals surface area contributed by atoms with Crippen LogP contribution in [-0.4, -0.2) is 37.7 Å². The van der Waals surface area contributed by atoms with E-state index < -0.39 is 5.97 Å². The summed E-state index contributed by atoms with van der Waals surface area (Å²) in [5.74, 6) is -0.780. The van der Waals surface area contributed by atoms with Crippen molar-refractivity contribution in [2.75, 3.05) is 19.8 Å². The number of amides is 1. The number of rotatable bonds is 5. The number of nitrogens with one attached hydrogen (secondary N) is 1. The molecule has 0 radical (unpaired) electrons. The molecule has 1 heterocycles. The van der Waals surface area contributed by atoms with Crippen molar-refractivity contribution < 1.29 is 19.1 Å². The Morgan fingerprint density at radius 1 is 1.40 bits per heavy atom. The lowest BCUT2D eigenvalue weighted by Gasteiger charge is -2.11. The van der Waals surface area contributed by atoms with Crippen molar-refractivity contribution in [3.8, 4) is 0 Å². The molecule has 5 nitrogen and oxygen atoms in total. The SMILES string of the molecule is Cc1ccccc1C(=O)OCC(=O)NC[C@@H]1CCCO1. The van der Waals surface area contributed by atoms with E-state index in [4.69, 9.17) is 9.47 Å². The molecule has 108 valence electrons. The summed E-state index contributed by atoms with van der Waals surface area (Å²) in [5.41, 5.74) is 1.32. The second-order valence-electron chi connectivity index (χ2n) is 4.83. The van der Waals surface area contributed by atoms with Gasteiger partial charge in [-0.15, -0.1) is 0 Å². The molecule has 2 rings (SSSR count). The fourth-order valence-electron chi connectivity index (χ4n) is 2.09. The van der Waals surface area contributed by atoms with Gasteiger partial charge in [0.1, 0.15) is 0 Å². The highest BCUT2D eigenvalue weighted by Gasteiger charge is 2.17. The molecule has 1 aromatic carbocycles. The van der Waals surface area contributed by atoms with Crippen LogP contribution in [0.5, 0.6) is 0 Å². The first-order valence-electron chi connectivity index (χ1n) is 6.78. The molecule has 1 aromatic rings. The van der Waals surface area contributed by atoms with Crippen LogP contribution in [0.2, 0.25) is 0 Å². The van der Waals surface area contributed by atoms with Crippen LogP contribution in [-0.2, 0) is 14.3 Å².